The van der Waals surface area contributed by atoms with E-state index in [1.807, 2.05) is 11.8 Å². The largest absolute Gasteiger partial charge is 0.376 e. The Morgan fingerprint density at radius 2 is 2.28 bits per heavy atom. The summed E-state index contributed by atoms with van der Waals surface area (Å²) in [6.45, 7) is 5.60. The molecule has 2 saturated heterocycles. The second-order valence-corrected chi connectivity index (χ2v) is 8.57. The summed E-state index contributed by atoms with van der Waals surface area (Å²) >= 11 is 1.39. The number of likely N-dealkylation sites (tertiary alicyclic amines) is 1. The van der Waals surface area contributed by atoms with Gasteiger partial charge in [-0.3, -0.25) is 9.59 Å². The lowest BCUT2D eigenvalue weighted by molar-refractivity contribution is -0.127. The second-order valence-electron chi connectivity index (χ2n) is 7.57. The lowest BCUT2D eigenvalue weighted by Gasteiger charge is -2.15. The van der Waals surface area contributed by atoms with Gasteiger partial charge in [0.25, 0.3) is 5.91 Å². The van der Waals surface area contributed by atoms with Crippen LogP contribution in [0.25, 0.3) is 10.2 Å². The molecule has 9 heteroatoms. The molecule has 2 amide bonds. The van der Waals surface area contributed by atoms with Crippen LogP contribution in [0.3, 0.4) is 0 Å². The summed E-state index contributed by atoms with van der Waals surface area (Å²) in [5, 5.41) is 7.25. The van der Waals surface area contributed by atoms with E-state index in [0.29, 0.717) is 24.4 Å². The van der Waals surface area contributed by atoms with Crippen LogP contribution in [0, 0.1) is 6.92 Å². The van der Waals surface area contributed by atoms with Gasteiger partial charge in [-0.05, 0) is 38.2 Å². The van der Waals surface area contributed by atoms with Crippen molar-refractivity contribution in [2.75, 3.05) is 38.1 Å². The Labute approximate surface area is 174 Å². The third-order valence-corrected chi connectivity index (χ3v) is 6.71. The zero-order chi connectivity index (χ0) is 20.2. The fourth-order valence-electron chi connectivity index (χ4n) is 3.93. The zero-order valence-electron chi connectivity index (χ0n) is 16.7. The average Bonchev–Trinajstić information content (AvgIpc) is 3.45. The summed E-state index contributed by atoms with van der Waals surface area (Å²) < 4.78 is 5.58. The minimum absolute atomic E-state index is 0.0838. The second kappa shape index (κ2) is 9.04. The number of hydrogen-bond acceptors (Lipinski definition) is 7. The van der Waals surface area contributed by atoms with Crippen molar-refractivity contribution in [3.8, 4) is 0 Å². The van der Waals surface area contributed by atoms with E-state index in [-0.39, 0.29) is 17.9 Å². The molecule has 0 aromatic carbocycles. The Bertz CT molecular complexity index is 894. The number of hydrogen-bond donors (Lipinski definition) is 2. The van der Waals surface area contributed by atoms with Gasteiger partial charge < -0.3 is 20.3 Å². The van der Waals surface area contributed by atoms with Crippen molar-refractivity contribution in [2.45, 2.75) is 45.1 Å². The van der Waals surface area contributed by atoms with Crippen molar-refractivity contribution in [3.63, 3.8) is 0 Å². The minimum Gasteiger partial charge on any atom is -0.376 e. The van der Waals surface area contributed by atoms with Crippen molar-refractivity contribution < 1.29 is 14.3 Å². The number of rotatable bonds is 8. The van der Waals surface area contributed by atoms with Crippen molar-refractivity contribution in [1.82, 2.24) is 20.2 Å². The molecule has 4 heterocycles. The first-order valence-electron chi connectivity index (χ1n) is 10.3. The Morgan fingerprint density at radius 1 is 1.38 bits per heavy atom. The van der Waals surface area contributed by atoms with E-state index in [0.717, 1.165) is 67.0 Å². The van der Waals surface area contributed by atoms with E-state index in [1.165, 1.54) is 17.7 Å². The molecule has 2 aromatic rings. The van der Waals surface area contributed by atoms with Gasteiger partial charge >= 0.3 is 0 Å². The summed E-state index contributed by atoms with van der Waals surface area (Å²) in [5.41, 5.74) is 0.896. The molecule has 2 aliphatic heterocycles. The fourth-order valence-corrected chi connectivity index (χ4v) is 5.00. The average molecular weight is 418 g/mol. The van der Waals surface area contributed by atoms with Crippen LogP contribution in [0.5, 0.6) is 0 Å². The number of carbonyl (C=O) groups is 2. The molecule has 0 aliphatic carbocycles. The smallest absolute Gasteiger partial charge is 0.261 e. The molecule has 156 valence electrons. The van der Waals surface area contributed by atoms with Crippen LogP contribution in [-0.4, -0.2) is 65.6 Å². The van der Waals surface area contributed by atoms with Crippen molar-refractivity contribution in [3.05, 3.63) is 16.8 Å². The Balaban J connectivity index is 1.39. The van der Waals surface area contributed by atoms with Crippen LogP contribution in [0.2, 0.25) is 0 Å². The molecule has 0 saturated carbocycles. The Hall–Kier alpha value is -2.26. The monoisotopic (exact) mass is 417 g/mol. The number of carbonyl (C=O) groups excluding carboxylic acids is 2. The predicted octanol–water partition coefficient (Wildman–Crippen LogP) is 2.33. The lowest BCUT2D eigenvalue weighted by Crippen LogP contribution is -2.31. The SMILES string of the molecule is Cc1c(C(=O)NC[C@H]2CCCO2)sc2ncnc(NCCCN3CCCC3=O)c12. The molecular weight excluding hydrogens is 390 g/mol. The van der Waals surface area contributed by atoms with Gasteiger partial charge in [0, 0.05) is 39.2 Å². The number of aromatic nitrogens is 2. The van der Waals surface area contributed by atoms with Gasteiger partial charge in [0.05, 0.1) is 16.4 Å². The first kappa shape index (κ1) is 20.0. The van der Waals surface area contributed by atoms with Gasteiger partial charge in [-0.2, -0.15) is 0 Å². The van der Waals surface area contributed by atoms with Crippen molar-refractivity contribution in [2.24, 2.45) is 0 Å². The van der Waals surface area contributed by atoms with Crippen LogP contribution >= 0.6 is 11.3 Å². The molecular formula is C20H27N5O3S. The fraction of sp³-hybridized carbons (Fsp3) is 0.600. The van der Waals surface area contributed by atoms with Crippen molar-refractivity contribution in [1.29, 1.82) is 0 Å². The highest BCUT2D eigenvalue weighted by molar-refractivity contribution is 7.20. The van der Waals surface area contributed by atoms with Gasteiger partial charge in [0.15, 0.2) is 0 Å². The maximum Gasteiger partial charge on any atom is 0.261 e. The van der Waals surface area contributed by atoms with Gasteiger partial charge in [0.1, 0.15) is 17.0 Å². The number of nitrogens with one attached hydrogen (secondary N) is 2. The highest BCUT2D eigenvalue weighted by Gasteiger charge is 2.22. The molecule has 2 aliphatic rings. The summed E-state index contributed by atoms with van der Waals surface area (Å²) in [7, 11) is 0. The van der Waals surface area contributed by atoms with E-state index in [1.54, 1.807) is 0 Å². The Kier molecular flexibility index (Phi) is 6.25. The molecule has 1 atom stereocenters. The third-order valence-electron chi connectivity index (χ3n) is 5.52. The molecule has 29 heavy (non-hydrogen) atoms. The summed E-state index contributed by atoms with van der Waals surface area (Å²) in [6.07, 6.45) is 6.19. The number of nitrogens with zero attached hydrogens (tertiary/aromatic N) is 3. The molecule has 4 rings (SSSR count). The zero-order valence-corrected chi connectivity index (χ0v) is 17.5. The molecule has 0 radical (unpaired) electrons. The highest BCUT2D eigenvalue weighted by atomic mass is 32.1. The standard InChI is InChI=1S/C20H27N5O3S/c1-13-16-18(21-7-4-9-25-8-2-6-15(25)26)23-12-24-20(16)29-17(13)19(27)22-11-14-5-3-10-28-14/h12,14H,2-11H2,1H3,(H,22,27)(H,21,23,24)/t14-/m1/s1. The van der Waals surface area contributed by atoms with Gasteiger partial charge in [-0.15, -0.1) is 11.3 Å². The number of amides is 2. The van der Waals surface area contributed by atoms with Crippen LogP contribution in [0.15, 0.2) is 6.33 Å². The lowest BCUT2D eigenvalue weighted by atomic mass is 10.2. The van der Waals surface area contributed by atoms with Crippen LogP contribution in [0.1, 0.15) is 47.3 Å². The number of fused-ring (bicyclic) bond motifs is 1. The van der Waals surface area contributed by atoms with Gasteiger partial charge in [-0.25, -0.2) is 9.97 Å². The number of thiophene rings is 1. The molecule has 2 aromatic heterocycles. The van der Waals surface area contributed by atoms with Crippen molar-refractivity contribution >= 4 is 39.2 Å². The number of anilines is 1. The molecule has 0 unspecified atom stereocenters. The molecule has 8 nitrogen and oxygen atoms in total. The molecule has 2 N–H and O–H groups in total. The third kappa shape index (κ3) is 4.51. The normalized spacial score (nSPS) is 19.3. The van der Waals surface area contributed by atoms with Crippen LogP contribution in [0.4, 0.5) is 5.82 Å². The van der Waals surface area contributed by atoms with E-state index in [9.17, 15) is 9.59 Å². The Morgan fingerprint density at radius 3 is 3.03 bits per heavy atom. The molecule has 2 fully saturated rings. The van der Waals surface area contributed by atoms with E-state index < -0.39 is 0 Å². The molecule has 0 spiro atoms. The quantitative estimate of drug-likeness (QED) is 0.640. The number of ether oxygens (including phenoxy) is 1. The van der Waals surface area contributed by atoms with E-state index in [2.05, 4.69) is 20.6 Å². The first-order chi connectivity index (χ1) is 14.1. The predicted molar refractivity (Wildman–Crippen MR) is 112 cm³/mol. The topological polar surface area (TPSA) is 96.4 Å². The highest BCUT2D eigenvalue weighted by Crippen LogP contribution is 2.33. The maximum absolute atomic E-state index is 12.7. The number of aryl methyl sites for hydroxylation is 1. The summed E-state index contributed by atoms with van der Waals surface area (Å²) in [6, 6.07) is 0. The summed E-state index contributed by atoms with van der Waals surface area (Å²) in [4.78, 5) is 36.5. The maximum atomic E-state index is 12.7. The minimum atomic E-state index is -0.0838. The summed E-state index contributed by atoms with van der Waals surface area (Å²) in [5.74, 6) is 0.913. The van der Waals surface area contributed by atoms with E-state index in [4.69, 9.17) is 4.74 Å². The van der Waals surface area contributed by atoms with Gasteiger partial charge in [-0.1, -0.05) is 0 Å². The van der Waals surface area contributed by atoms with Crippen LogP contribution < -0.4 is 10.6 Å². The van der Waals surface area contributed by atoms with E-state index >= 15 is 0 Å². The first-order valence-corrected chi connectivity index (χ1v) is 11.1. The van der Waals surface area contributed by atoms with Crippen LogP contribution in [-0.2, 0) is 9.53 Å². The van der Waals surface area contributed by atoms with Gasteiger partial charge in [0.2, 0.25) is 5.91 Å². The molecule has 0 bridgehead atoms.